The minimum Gasteiger partial charge on any atom is -0.461 e. The number of benzene rings is 1. The van der Waals surface area contributed by atoms with E-state index in [1.165, 1.54) is 12.1 Å². The lowest BCUT2D eigenvalue weighted by molar-refractivity contribution is 0.414. The molecule has 4 heteroatoms. The Morgan fingerprint density at radius 3 is 3.00 bits per heavy atom. The predicted molar refractivity (Wildman–Crippen MR) is 69.5 cm³/mol. The Bertz CT molecular complexity index is 594. The number of anilines is 1. The molecule has 0 aliphatic carbocycles. The number of hydrogen-bond acceptors (Lipinski definition) is 3. The van der Waals surface area contributed by atoms with Crippen LogP contribution in [0.2, 0.25) is 0 Å². The number of allylic oxidation sites excluding steroid dienone is 2. The Hall–Kier alpha value is -2.54. The van der Waals surface area contributed by atoms with E-state index in [0.717, 1.165) is 0 Å². The molecule has 0 fully saturated rings. The molecule has 1 aromatic rings. The largest absolute Gasteiger partial charge is 0.461 e. The molecule has 0 radical (unpaired) electrons. The van der Waals surface area contributed by atoms with Crippen LogP contribution in [0.15, 0.2) is 47.3 Å². The van der Waals surface area contributed by atoms with E-state index in [1.54, 1.807) is 18.3 Å². The van der Waals surface area contributed by atoms with Crippen LogP contribution in [0.3, 0.4) is 0 Å². The van der Waals surface area contributed by atoms with Gasteiger partial charge in [-0.15, -0.1) is 6.42 Å². The first-order valence-electron chi connectivity index (χ1n) is 5.32. The molecule has 18 heavy (non-hydrogen) atoms. The van der Waals surface area contributed by atoms with Gasteiger partial charge >= 0.3 is 0 Å². The van der Waals surface area contributed by atoms with Crippen molar-refractivity contribution in [2.75, 3.05) is 5.73 Å². The molecular weight excluding hydrogens is 231 g/mol. The molecule has 1 aromatic carbocycles. The molecule has 0 spiro atoms. The van der Waals surface area contributed by atoms with Crippen LogP contribution < -0.4 is 10.5 Å². The standard InChI is InChI=1S/C14H11FN2O/c1-2-10-8-11(4-3-7-17-10)18-12-5-6-14(16)13(15)9-12/h1,3,5-9H,4,16H2. The molecule has 0 saturated heterocycles. The van der Waals surface area contributed by atoms with Crippen LogP contribution in [-0.2, 0) is 0 Å². The number of ether oxygens (including phenoxy) is 1. The van der Waals surface area contributed by atoms with Crippen molar-refractivity contribution in [2.24, 2.45) is 4.99 Å². The van der Waals surface area contributed by atoms with Crippen LogP contribution in [0, 0.1) is 18.2 Å². The van der Waals surface area contributed by atoms with Gasteiger partial charge in [0.15, 0.2) is 0 Å². The Morgan fingerprint density at radius 1 is 1.44 bits per heavy atom. The zero-order chi connectivity index (χ0) is 13.0. The minimum atomic E-state index is -0.511. The minimum absolute atomic E-state index is 0.0861. The van der Waals surface area contributed by atoms with E-state index in [9.17, 15) is 4.39 Å². The van der Waals surface area contributed by atoms with Crippen LogP contribution >= 0.6 is 0 Å². The highest BCUT2D eigenvalue weighted by atomic mass is 19.1. The molecule has 0 bridgehead atoms. The Morgan fingerprint density at radius 2 is 2.28 bits per heavy atom. The molecule has 2 rings (SSSR count). The highest BCUT2D eigenvalue weighted by Crippen LogP contribution is 2.21. The number of nitrogen functional groups attached to an aromatic ring is 1. The van der Waals surface area contributed by atoms with E-state index < -0.39 is 5.82 Å². The molecule has 2 N–H and O–H groups in total. The zero-order valence-electron chi connectivity index (χ0n) is 9.56. The second kappa shape index (κ2) is 5.19. The number of nitrogens with zero attached hydrogens (tertiary/aromatic N) is 1. The maximum Gasteiger partial charge on any atom is 0.149 e. The summed E-state index contributed by atoms with van der Waals surface area (Å²) < 4.78 is 18.8. The number of terminal acetylenes is 1. The smallest absolute Gasteiger partial charge is 0.149 e. The first-order chi connectivity index (χ1) is 8.69. The normalized spacial score (nSPS) is 14.2. The van der Waals surface area contributed by atoms with Crippen LogP contribution in [0.25, 0.3) is 0 Å². The summed E-state index contributed by atoms with van der Waals surface area (Å²) in [6.07, 6.45) is 10.9. The molecule has 1 aliphatic rings. The van der Waals surface area contributed by atoms with E-state index in [1.807, 2.05) is 6.08 Å². The van der Waals surface area contributed by atoms with Gasteiger partial charge in [-0.1, -0.05) is 12.0 Å². The summed E-state index contributed by atoms with van der Waals surface area (Å²) in [6, 6.07) is 4.28. The SMILES string of the molecule is C#CC1=NC=CCC(Oc2ccc(N)c(F)c2)=C1. The fourth-order valence-corrected chi connectivity index (χ4v) is 1.42. The van der Waals surface area contributed by atoms with Gasteiger partial charge < -0.3 is 10.5 Å². The molecule has 3 nitrogen and oxygen atoms in total. The van der Waals surface area contributed by atoms with Crippen molar-refractivity contribution in [1.82, 2.24) is 0 Å². The number of halogens is 1. The van der Waals surface area contributed by atoms with Crippen molar-refractivity contribution in [3.8, 4) is 18.1 Å². The number of aliphatic imine (C=N–C) groups is 1. The third-order valence-corrected chi connectivity index (χ3v) is 2.30. The molecule has 0 amide bonds. The van der Waals surface area contributed by atoms with Crippen LogP contribution in [0.5, 0.6) is 5.75 Å². The molecular formula is C14H11FN2O. The highest BCUT2D eigenvalue weighted by molar-refractivity contribution is 6.09. The Labute approximate surface area is 104 Å². The number of hydrogen-bond donors (Lipinski definition) is 1. The van der Waals surface area contributed by atoms with Crippen molar-refractivity contribution in [3.05, 3.63) is 48.1 Å². The average molecular weight is 242 g/mol. The Balaban J connectivity index is 2.21. The second-order valence-electron chi connectivity index (χ2n) is 3.64. The van der Waals surface area contributed by atoms with E-state index in [2.05, 4.69) is 10.9 Å². The quantitative estimate of drug-likeness (QED) is 0.640. The molecule has 90 valence electrons. The van der Waals surface area contributed by atoms with Crippen LogP contribution in [0.1, 0.15) is 6.42 Å². The molecule has 1 heterocycles. The van der Waals surface area contributed by atoms with Crippen molar-refractivity contribution in [1.29, 1.82) is 0 Å². The lowest BCUT2D eigenvalue weighted by atomic mass is 10.2. The zero-order valence-corrected chi connectivity index (χ0v) is 9.56. The predicted octanol–water partition coefficient (Wildman–Crippen LogP) is 2.66. The summed E-state index contributed by atoms with van der Waals surface area (Å²) in [4.78, 5) is 4.01. The molecule has 0 saturated carbocycles. The van der Waals surface area contributed by atoms with E-state index in [-0.39, 0.29) is 5.69 Å². The molecule has 0 unspecified atom stereocenters. The van der Waals surface area contributed by atoms with E-state index in [0.29, 0.717) is 23.6 Å². The van der Waals surface area contributed by atoms with Gasteiger partial charge in [-0.3, -0.25) is 0 Å². The van der Waals surface area contributed by atoms with Gasteiger partial charge in [0.25, 0.3) is 0 Å². The topological polar surface area (TPSA) is 47.6 Å². The summed E-state index contributed by atoms with van der Waals surface area (Å²) in [6.45, 7) is 0. The van der Waals surface area contributed by atoms with Gasteiger partial charge in [-0.05, 0) is 12.1 Å². The van der Waals surface area contributed by atoms with Gasteiger partial charge in [0.2, 0.25) is 0 Å². The van der Waals surface area contributed by atoms with E-state index in [4.69, 9.17) is 16.9 Å². The fourth-order valence-electron chi connectivity index (χ4n) is 1.42. The molecule has 1 aliphatic heterocycles. The molecule has 0 aromatic heterocycles. The van der Waals surface area contributed by atoms with Crippen molar-refractivity contribution in [2.45, 2.75) is 6.42 Å². The lowest BCUT2D eigenvalue weighted by Crippen LogP contribution is -1.99. The summed E-state index contributed by atoms with van der Waals surface area (Å²) in [7, 11) is 0. The lowest BCUT2D eigenvalue weighted by Gasteiger charge is -2.08. The highest BCUT2D eigenvalue weighted by Gasteiger charge is 2.06. The Kier molecular flexibility index (Phi) is 3.44. The van der Waals surface area contributed by atoms with Crippen LogP contribution in [0.4, 0.5) is 10.1 Å². The van der Waals surface area contributed by atoms with E-state index >= 15 is 0 Å². The van der Waals surface area contributed by atoms with Crippen molar-refractivity contribution in [3.63, 3.8) is 0 Å². The maximum atomic E-state index is 13.3. The van der Waals surface area contributed by atoms with Gasteiger partial charge in [-0.25, -0.2) is 9.38 Å². The first kappa shape index (κ1) is 11.9. The van der Waals surface area contributed by atoms with Crippen molar-refractivity contribution < 1.29 is 9.13 Å². The average Bonchev–Trinajstić information content (AvgIpc) is 2.59. The summed E-state index contributed by atoms with van der Waals surface area (Å²) in [5.41, 5.74) is 5.94. The van der Waals surface area contributed by atoms with Gasteiger partial charge in [0.1, 0.15) is 23.0 Å². The third kappa shape index (κ3) is 2.77. The monoisotopic (exact) mass is 242 g/mol. The number of nitrogens with two attached hydrogens (primary N) is 1. The maximum absolute atomic E-state index is 13.3. The van der Waals surface area contributed by atoms with Gasteiger partial charge in [0, 0.05) is 24.8 Å². The summed E-state index contributed by atoms with van der Waals surface area (Å²) in [5.74, 6) is 2.89. The third-order valence-electron chi connectivity index (χ3n) is 2.30. The summed E-state index contributed by atoms with van der Waals surface area (Å²) in [5, 5.41) is 0. The molecule has 0 atom stereocenters. The van der Waals surface area contributed by atoms with Crippen molar-refractivity contribution >= 4 is 11.4 Å². The van der Waals surface area contributed by atoms with Gasteiger partial charge in [-0.2, -0.15) is 0 Å². The van der Waals surface area contributed by atoms with Crippen LogP contribution in [-0.4, -0.2) is 5.71 Å². The fraction of sp³-hybridized carbons (Fsp3) is 0.0714. The van der Waals surface area contributed by atoms with Gasteiger partial charge in [0.05, 0.1) is 5.69 Å². The number of rotatable bonds is 2. The summed E-state index contributed by atoms with van der Waals surface area (Å²) >= 11 is 0. The first-order valence-corrected chi connectivity index (χ1v) is 5.32. The second-order valence-corrected chi connectivity index (χ2v) is 3.64.